The summed E-state index contributed by atoms with van der Waals surface area (Å²) in [5.41, 5.74) is -0.853. The molecule has 1 aromatic rings. The number of carboxylic acids is 1. The van der Waals surface area contributed by atoms with E-state index in [-0.39, 0.29) is 17.2 Å². The third kappa shape index (κ3) is 2.65. The summed E-state index contributed by atoms with van der Waals surface area (Å²) in [4.78, 5) is 23.2. The van der Waals surface area contributed by atoms with Crippen molar-refractivity contribution in [3.8, 4) is 0 Å². The number of carbonyl (C=O) groups excluding carboxylic acids is 1. The van der Waals surface area contributed by atoms with Crippen molar-refractivity contribution >= 4 is 17.6 Å². The lowest BCUT2D eigenvalue weighted by molar-refractivity contribution is -0.122. The van der Waals surface area contributed by atoms with Crippen LogP contribution in [0.25, 0.3) is 0 Å². The first-order valence-electron chi connectivity index (χ1n) is 6.58. The molecule has 1 aromatic carbocycles. The van der Waals surface area contributed by atoms with Crippen molar-refractivity contribution in [1.82, 2.24) is 5.32 Å². The van der Waals surface area contributed by atoms with Crippen molar-refractivity contribution in [3.05, 3.63) is 29.6 Å². The summed E-state index contributed by atoms with van der Waals surface area (Å²) in [7, 11) is 0. The molecule has 0 saturated carbocycles. The van der Waals surface area contributed by atoms with Crippen molar-refractivity contribution < 1.29 is 19.1 Å². The van der Waals surface area contributed by atoms with Crippen LogP contribution in [0.5, 0.6) is 0 Å². The van der Waals surface area contributed by atoms with Gasteiger partial charge in [-0.2, -0.15) is 0 Å². The van der Waals surface area contributed by atoms with Gasteiger partial charge >= 0.3 is 5.97 Å². The average Bonchev–Trinajstić information content (AvgIpc) is 2.91. The highest BCUT2D eigenvalue weighted by Gasteiger charge is 2.39. The van der Waals surface area contributed by atoms with Crippen LogP contribution in [0.1, 0.15) is 36.5 Å². The Morgan fingerprint density at radius 3 is 2.80 bits per heavy atom. The highest BCUT2D eigenvalue weighted by molar-refractivity contribution is 5.99. The first-order chi connectivity index (χ1) is 9.48. The zero-order valence-corrected chi connectivity index (χ0v) is 11.2. The van der Waals surface area contributed by atoms with Crippen LogP contribution in [0, 0.1) is 5.82 Å². The van der Waals surface area contributed by atoms with Gasteiger partial charge < -0.3 is 15.7 Å². The normalized spacial score (nSPS) is 21.7. The molecule has 2 rings (SSSR count). The first kappa shape index (κ1) is 14.5. The SMILES string of the molecule is CCC1(C(=O)Nc2cc(C(=O)O)ccc2F)CCCN1. The monoisotopic (exact) mass is 280 g/mol. The fourth-order valence-corrected chi connectivity index (χ4v) is 2.46. The molecule has 1 amide bonds. The van der Waals surface area contributed by atoms with Gasteiger partial charge in [0, 0.05) is 0 Å². The van der Waals surface area contributed by atoms with Crippen LogP contribution < -0.4 is 10.6 Å². The average molecular weight is 280 g/mol. The fourth-order valence-electron chi connectivity index (χ4n) is 2.46. The molecule has 0 spiro atoms. The third-order valence-electron chi connectivity index (χ3n) is 3.74. The molecule has 20 heavy (non-hydrogen) atoms. The maximum atomic E-state index is 13.7. The molecule has 3 N–H and O–H groups in total. The van der Waals surface area contributed by atoms with E-state index in [4.69, 9.17) is 5.11 Å². The van der Waals surface area contributed by atoms with Crippen molar-refractivity contribution in [2.24, 2.45) is 0 Å². The molecule has 1 atom stereocenters. The molecule has 1 aliphatic heterocycles. The Labute approximate surface area is 116 Å². The van der Waals surface area contributed by atoms with E-state index >= 15 is 0 Å². The Morgan fingerprint density at radius 2 is 2.25 bits per heavy atom. The van der Waals surface area contributed by atoms with E-state index in [1.165, 1.54) is 0 Å². The number of rotatable bonds is 4. The molecule has 1 saturated heterocycles. The number of halogens is 1. The number of nitrogens with one attached hydrogen (secondary N) is 2. The Hall–Kier alpha value is -1.95. The van der Waals surface area contributed by atoms with E-state index in [9.17, 15) is 14.0 Å². The predicted molar refractivity (Wildman–Crippen MR) is 72.2 cm³/mol. The minimum absolute atomic E-state index is 0.0633. The lowest BCUT2D eigenvalue weighted by Gasteiger charge is -2.26. The third-order valence-corrected chi connectivity index (χ3v) is 3.74. The summed E-state index contributed by atoms with van der Waals surface area (Å²) in [6, 6.07) is 3.34. The Balaban J connectivity index is 2.23. The summed E-state index contributed by atoms with van der Waals surface area (Å²) < 4.78 is 13.7. The van der Waals surface area contributed by atoms with Crippen LogP contribution in [-0.2, 0) is 4.79 Å². The number of aromatic carboxylic acids is 1. The molecule has 0 bridgehead atoms. The molecule has 1 unspecified atom stereocenters. The second kappa shape index (κ2) is 5.58. The van der Waals surface area contributed by atoms with Gasteiger partial charge in [-0.3, -0.25) is 4.79 Å². The fraction of sp³-hybridized carbons (Fsp3) is 0.429. The molecular formula is C14H17FN2O3. The van der Waals surface area contributed by atoms with Gasteiger partial charge in [-0.25, -0.2) is 9.18 Å². The number of anilines is 1. The molecule has 0 radical (unpaired) electrons. The summed E-state index contributed by atoms with van der Waals surface area (Å²) >= 11 is 0. The summed E-state index contributed by atoms with van der Waals surface area (Å²) in [6.45, 7) is 2.64. The van der Waals surface area contributed by atoms with Gasteiger partial charge in [0.1, 0.15) is 5.82 Å². The van der Waals surface area contributed by atoms with Crippen LogP contribution in [0.2, 0.25) is 0 Å². The van der Waals surface area contributed by atoms with Gasteiger partial charge in [-0.05, 0) is 44.0 Å². The van der Waals surface area contributed by atoms with Gasteiger partial charge in [0.25, 0.3) is 0 Å². The molecule has 0 aromatic heterocycles. The maximum Gasteiger partial charge on any atom is 0.335 e. The zero-order valence-electron chi connectivity index (χ0n) is 11.2. The molecular weight excluding hydrogens is 263 g/mol. The van der Waals surface area contributed by atoms with E-state index in [1.807, 2.05) is 6.92 Å². The molecule has 108 valence electrons. The van der Waals surface area contributed by atoms with E-state index in [0.29, 0.717) is 12.8 Å². The van der Waals surface area contributed by atoms with Crippen LogP contribution in [0.4, 0.5) is 10.1 Å². The number of hydrogen-bond acceptors (Lipinski definition) is 3. The summed E-state index contributed by atoms with van der Waals surface area (Å²) in [6.07, 6.45) is 2.17. The van der Waals surface area contributed by atoms with Crippen molar-refractivity contribution in [2.45, 2.75) is 31.7 Å². The number of benzene rings is 1. The van der Waals surface area contributed by atoms with Crippen molar-refractivity contribution in [2.75, 3.05) is 11.9 Å². The quantitative estimate of drug-likeness (QED) is 0.788. The lowest BCUT2D eigenvalue weighted by atomic mass is 9.93. The molecule has 1 aliphatic rings. The zero-order chi connectivity index (χ0) is 14.8. The Bertz CT molecular complexity index is 539. The van der Waals surface area contributed by atoms with Crippen LogP contribution >= 0.6 is 0 Å². The molecule has 6 heteroatoms. The van der Waals surface area contributed by atoms with E-state index in [2.05, 4.69) is 10.6 Å². The second-order valence-corrected chi connectivity index (χ2v) is 4.92. The van der Waals surface area contributed by atoms with Gasteiger partial charge in [-0.1, -0.05) is 6.92 Å². The molecule has 1 fully saturated rings. The van der Waals surface area contributed by atoms with Crippen molar-refractivity contribution in [1.29, 1.82) is 0 Å². The molecule has 5 nitrogen and oxygen atoms in total. The van der Waals surface area contributed by atoms with Gasteiger partial charge in [0.2, 0.25) is 5.91 Å². The second-order valence-electron chi connectivity index (χ2n) is 4.92. The number of carbonyl (C=O) groups is 2. The van der Waals surface area contributed by atoms with Crippen LogP contribution in [0.3, 0.4) is 0 Å². The first-order valence-corrected chi connectivity index (χ1v) is 6.58. The topological polar surface area (TPSA) is 78.4 Å². The Morgan fingerprint density at radius 1 is 1.50 bits per heavy atom. The predicted octanol–water partition coefficient (Wildman–Crippen LogP) is 1.99. The number of amides is 1. The number of hydrogen-bond donors (Lipinski definition) is 3. The minimum Gasteiger partial charge on any atom is -0.478 e. The van der Waals surface area contributed by atoms with E-state index in [1.54, 1.807) is 0 Å². The van der Waals surface area contributed by atoms with Gasteiger partial charge in [0.05, 0.1) is 16.8 Å². The van der Waals surface area contributed by atoms with Crippen LogP contribution in [-0.4, -0.2) is 29.1 Å². The van der Waals surface area contributed by atoms with Crippen molar-refractivity contribution in [3.63, 3.8) is 0 Å². The summed E-state index contributed by atoms with van der Waals surface area (Å²) in [5.74, 6) is -2.13. The maximum absolute atomic E-state index is 13.7. The molecule has 1 heterocycles. The van der Waals surface area contributed by atoms with E-state index in [0.717, 1.165) is 31.2 Å². The minimum atomic E-state index is -1.16. The number of carboxylic acid groups (broad SMARTS) is 1. The van der Waals surface area contributed by atoms with Gasteiger partial charge in [-0.15, -0.1) is 0 Å². The van der Waals surface area contributed by atoms with E-state index < -0.39 is 17.3 Å². The largest absolute Gasteiger partial charge is 0.478 e. The molecule has 0 aliphatic carbocycles. The smallest absolute Gasteiger partial charge is 0.335 e. The van der Waals surface area contributed by atoms with Gasteiger partial charge in [0.15, 0.2) is 0 Å². The van der Waals surface area contributed by atoms with Crippen LogP contribution in [0.15, 0.2) is 18.2 Å². The Kier molecular flexibility index (Phi) is 4.04. The highest BCUT2D eigenvalue weighted by atomic mass is 19.1. The summed E-state index contributed by atoms with van der Waals surface area (Å²) in [5, 5.41) is 14.5. The lowest BCUT2D eigenvalue weighted by Crippen LogP contribution is -2.50. The standard InChI is InChI=1S/C14H17FN2O3/c1-2-14(6-3-7-16-14)13(20)17-11-8-9(12(18)19)4-5-10(11)15/h4-5,8,16H,2-3,6-7H2,1H3,(H,17,20)(H,18,19). The highest BCUT2D eigenvalue weighted by Crippen LogP contribution is 2.26.